The van der Waals surface area contributed by atoms with Crippen LogP contribution in [0.2, 0.25) is 5.02 Å². The fourth-order valence-corrected chi connectivity index (χ4v) is 3.56. The van der Waals surface area contributed by atoms with E-state index in [0.29, 0.717) is 22.3 Å². The fraction of sp³-hybridized carbons (Fsp3) is 0.286. The number of aromatic amines is 1. The van der Waals surface area contributed by atoms with Crippen LogP contribution in [0.25, 0.3) is 10.8 Å². The summed E-state index contributed by atoms with van der Waals surface area (Å²) in [5.41, 5.74) is 0.858. The number of aromatic nitrogens is 2. The maximum Gasteiger partial charge on any atom is 0.272 e. The average molecular weight is 384 g/mol. The lowest BCUT2D eigenvalue weighted by molar-refractivity contribution is 0.0937. The van der Waals surface area contributed by atoms with Crippen molar-refractivity contribution in [2.45, 2.75) is 32.1 Å². The Morgan fingerprint density at radius 3 is 2.33 bits per heavy atom. The third kappa shape index (κ3) is 3.74. The first kappa shape index (κ1) is 19.1. The van der Waals surface area contributed by atoms with Crippen LogP contribution < -0.4 is 10.9 Å². The molecule has 0 unspecified atom stereocenters. The van der Waals surface area contributed by atoms with Gasteiger partial charge < -0.3 is 5.32 Å². The lowest BCUT2D eigenvalue weighted by Gasteiger charge is -2.32. The van der Waals surface area contributed by atoms with Crippen molar-refractivity contribution in [3.05, 3.63) is 75.2 Å². The highest BCUT2D eigenvalue weighted by atomic mass is 35.5. The molecule has 2 aromatic carbocycles. The summed E-state index contributed by atoms with van der Waals surface area (Å²) in [4.78, 5) is 24.7. The van der Waals surface area contributed by atoms with E-state index in [-0.39, 0.29) is 22.6 Å². The Morgan fingerprint density at radius 1 is 1.07 bits per heavy atom. The summed E-state index contributed by atoms with van der Waals surface area (Å²) in [6, 6.07) is 14.7. The van der Waals surface area contributed by atoms with E-state index in [0.717, 1.165) is 18.4 Å². The molecule has 140 valence electrons. The SMILES string of the molecule is CCC(CC)(CNC(=O)c1n[nH]c(=O)c2ccccc12)c1ccc(Cl)cc1. The van der Waals surface area contributed by atoms with Gasteiger partial charge in [-0.05, 0) is 36.6 Å². The second-order valence-electron chi connectivity index (χ2n) is 6.62. The molecule has 6 heteroatoms. The van der Waals surface area contributed by atoms with E-state index < -0.39 is 0 Å². The van der Waals surface area contributed by atoms with Gasteiger partial charge in [-0.25, -0.2) is 5.10 Å². The van der Waals surface area contributed by atoms with Crippen molar-refractivity contribution < 1.29 is 4.79 Å². The van der Waals surface area contributed by atoms with Crippen molar-refractivity contribution in [1.82, 2.24) is 15.5 Å². The topological polar surface area (TPSA) is 74.8 Å². The number of carbonyl (C=O) groups is 1. The van der Waals surface area contributed by atoms with Gasteiger partial charge in [-0.3, -0.25) is 9.59 Å². The molecule has 0 spiro atoms. The molecule has 1 heterocycles. The second kappa shape index (κ2) is 7.92. The van der Waals surface area contributed by atoms with Crippen LogP contribution in [0.1, 0.15) is 42.7 Å². The zero-order valence-corrected chi connectivity index (χ0v) is 16.1. The summed E-state index contributed by atoms with van der Waals surface area (Å²) >= 11 is 6.02. The zero-order valence-electron chi connectivity index (χ0n) is 15.4. The van der Waals surface area contributed by atoms with Crippen LogP contribution in [0.4, 0.5) is 0 Å². The van der Waals surface area contributed by atoms with Gasteiger partial charge in [0.2, 0.25) is 0 Å². The molecule has 2 N–H and O–H groups in total. The minimum atomic E-state index is -0.306. The highest BCUT2D eigenvalue weighted by molar-refractivity contribution is 6.30. The molecule has 3 rings (SSSR count). The van der Waals surface area contributed by atoms with Crippen LogP contribution in [0.5, 0.6) is 0 Å². The van der Waals surface area contributed by atoms with E-state index in [9.17, 15) is 9.59 Å². The van der Waals surface area contributed by atoms with E-state index in [1.807, 2.05) is 24.3 Å². The Hall–Kier alpha value is -2.66. The number of halogens is 1. The van der Waals surface area contributed by atoms with Crippen LogP contribution in [-0.2, 0) is 5.41 Å². The standard InChI is InChI=1S/C21H22ClN3O2/c1-3-21(4-2,14-9-11-15(22)12-10-14)13-23-20(27)18-16-7-5-6-8-17(16)19(26)25-24-18/h5-12H,3-4,13H2,1-2H3,(H,23,27)(H,25,26). The maximum absolute atomic E-state index is 12.8. The quantitative estimate of drug-likeness (QED) is 0.673. The normalized spacial score (nSPS) is 11.5. The van der Waals surface area contributed by atoms with Gasteiger partial charge >= 0.3 is 0 Å². The number of amides is 1. The molecule has 0 fully saturated rings. The number of rotatable bonds is 6. The van der Waals surface area contributed by atoms with E-state index in [4.69, 9.17) is 11.6 Å². The molecule has 0 bridgehead atoms. The molecule has 27 heavy (non-hydrogen) atoms. The lowest BCUT2D eigenvalue weighted by Crippen LogP contribution is -2.40. The smallest absolute Gasteiger partial charge is 0.272 e. The van der Waals surface area contributed by atoms with E-state index in [1.54, 1.807) is 24.3 Å². The van der Waals surface area contributed by atoms with E-state index >= 15 is 0 Å². The van der Waals surface area contributed by atoms with E-state index in [2.05, 4.69) is 29.4 Å². The Balaban J connectivity index is 1.88. The monoisotopic (exact) mass is 383 g/mol. The molecular weight excluding hydrogens is 362 g/mol. The van der Waals surface area contributed by atoms with Gasteiger partial charge in [0.15, 0.2) is 5.69 Å². The summed E-state index contributed by atoms with van der Waals surface area (Å²) in [6.07, 6.45) is 1.73. The van der Waals surface area contributed by atoms with Crippen molar-refractivity contribution in [2.24, 2.45) is 0 Å². The number of H-pyrrole nitrogens is 1. The lowest BCUT2D eigenvalue weighted by atomic mass is 9.76. The van der Waals surface area contributed by atoms with E-state index in [1.165, 1.54) is 0 Å². The number of carbonyl (C=O) groups excluding carboxylic acids is 1. The zero-order chi connectivity index (χ0) is 19.4. The molecule has 3 aromatic rings. The van der Waals surface area contributed by atoms with Gasteiger partial charge in [0.1, 0.15) is 0 Å². The Bertz CT molecular complexity index is 1010. The molecule has 1 amide bonds. The molecule has 0 radical (unpaired) electrons. The third-order valence-corrected chi connectivity index (χ3v) is 5.56. The average Bonchev–Trinajstić information content (AvgIpc) is 2.70. The Labute approximate surface area is 162 Å². The molecule has 0 atom stereocenters. The Kier molecular flexibility index (Phi) is 5.61. The molecule has 5 nitrogen and oxygen atoms in total. The third-order valence-electron chi connectivity index (χ3n) is 5.31. The molecule has 0 saturated heterocycles. The number of nitrogens with one attached hydrogen (secondary N) is 2. The summed E-state index contributed by atoms with van der Waals surface area (Å²) in [5, 5.41) is 11.1. The first-order chi connectivity index (χ1) is 13.0. The molecule has 0 saturated carbocycles. The second-order valence-corrected chi connectivity index (χ2v) is 7.06. The number of benzene rings is 2. The first-order valence-electron chi connectivity index (χ1n) is 9.02. The largest absolute Gasteiger partial charge is 0.350 e. The molecule has 0 aliphatic rings. The van der Waals surface area contributed by atoms with Crippen LogP contribution >= 0.6 is 11.6 Å². The van der Waals surface area contributed by atoms with Crippen LogP contribution in [0.15, 0.2) is 53.3 Å². The Morgan fingerprint density at radius 2 is 1.70 bits per heavy atom. The van der Waals surface area contributed by atoms with Crippen molar-refractivity contribution in [3.63, 3.8) is 0 Å². The number of hydrogen-bond acceptors (Lipinski definition) is 3. The van der Waals surface area contributed by atoms with Gasteiger partial charge in [-0.1, -0.05) is 55.8 Å². The van der Waals surface area contributed by atoms with Crippen molar-refractivity contribution >= 4 is 28.3 Å². The maximum atomic E-state index is 12.8. The number of fused-ring (bicyclic) bond motifs is 1. The molecule has 0 aliphatic heterocycles. The fourth-order valence-electron chi connectivity index (χ4n) is 3.43. The van der Waals surface area contributed by atoms with Gasteiger partial charge in [0, 0.05) is 22.4 Å². The predicted molar refractivity (Wildman–Crippen MR) is 108 cm³/mol. The molecule has 1 aromatic heterocycles. The van der Waals surface area contributed by atoms with Gasteiger partial charge in [-0.15, -0.1) is 0 Å². The summed E-state index contributed by atoms with van der Waals surface area (Å²) < 4.78 is 0. The van der Waals surface area contributed by atoms with Crippen molar-refractivity contribution in [2.75, 3.05) is 6.54 Å². The molecular formula is C21H22ClN3O2. The first-order valence-corrected chi connectivity index (χ1v) is 9.40. The van der Waals surface area contributed by atoms with Gasteiger partial charge in [0.05, 0.1) is 5.39 Å². The van der Waals surface area contributed by atoms with Crippen molar-refractivity contribution in [3.8, 4) is 0 Å². The summed E-state index contributed by atoms with van der Waals surface area (Å²) in [5.74, 6) is -0.303. The number of nitrogens with zero attached hydrogens (tertiary/aromatic N) is 1. The predicted octanol–water partition coefficient (Wildman–Crippen LogP) is 4.06. The van der Waals surface area contributed by atoms with Crippen LogP contribution in [-0.4, -0.2) is 22.6 Å². The minimum absolute atomic E-state index is 0.196. The number of hydrogen-bond donors (Lipinski definition) is 2. The van der Waals surface area contributed by atoms with Gasteiger partial charge in [-0.2, -0.15) is 5.10 Å². The highest BCUT2D eigenvalue weighted by Crippen LogP contribution is 2.32. The summed E-state index contributed by atoms with van der Waals surface area (Å²) in [6.45, 7) is 4.69. The van der Waals surface area contributed by atoms with Gasteiger partial charge in [0.25, 0.3) is 11.5 Å². The van der Waals surface area contributed by atoms with Crippen LogP contribution in [0.3, 0.4) is 0 Å². The highest BCUT2D eigenvalue weighted by Gasteiger charge is 2.29. The minimum Gasteiger partial charge on any atom is -0.350 e. The van der Waals surface area contributed by atoms with Crippen molar-refractivity contribution in [1.29, 1.82) is 0 Å². The molecule has 0 aliphatic carbocycles. The van der Waals surface area contributed by atoms with Crippen LogP contribution in [0, 0.1) is 0 Å². The summed E-state index contributed by atoms with van der Waals surface area (Å²) in [7, 11) is 0.